The maximum atomic E-state index is 11.7. The summed E-state index contributed by atoms with van der Waals surface area (Å²) >= 11 is 0. The highest BCUT2D eigenvalue weighted by molar-refractivity contribution is 5.60. The van der Waals surface area contributed by atoms with Crippen molar-refractivity contribution in [3.05, 3.63) is 0 Å². The van der Waals surface area contributed by atoms with E-state index in [9.17, 15) is 4.79 Å². The summed E-state index contributed by atoms with van der Waals surface area (Å²) in [7, 11) is 4.27. The van der Waals surface area contributed by atoms with Gasteiger partial charge in [-0.3, -0.25) is 9.80 Å². The molecule has 0 N–H and O–H groups in total. The third-order valence-electron chi connectivity index (χ3n) is 5.39. The average Bonchev–Trinajstić information content (AvgIpc) is 2.49. The number of piperazine rings is 1. The molecule has 0 bridgehead atoms. The lowest BCUT2D eigenvalue weighted by molar-refractivity contribution is -0.120. The molecule has 2 aliphatic rings. The number of rotatable bonds is 6. The van der Waals surface area contributed by atoms with Crippen LogP contribution in [0.1, 0.15) is 32.6 Å². The van der Waals surface area contributed by atoms with E-state index in [2.05, 4.69) is 35.7 Å². The van der Waals surface area contributed by atoms with Gasteiger partial charge in [-0.1, -0.05) is 6.92 Å². The van der Waals surface area contributed by atoms with Crippen LogP contribution in [0.15, 0.2) is 0 Å². The summed E-state index contributed by atoms with van der Waals surface area (Å²) in [6, 6.07) is 0. The van der Waals surface area contributed by atoms with E-state index in [1.165, 1.54) is 19.1 Å². The summed E-state index contributed by atoms with van der Waals surface area (Å²) < 4.78 is 0. The summed E-state index contributed by atoms with van der Waals surface area (Å²) in [5, 5.41) is 0. The van der Waals surface area contributed by atoms with Gasteiger partial charge in [-0.2, -0.15) is 0 Å². The van der Waals surface area contributed by atoms with Gasteiger partial charge in [0.1, 0.15) is 6.29 Å². The van der Waals surface area contributed by atoms with Crippen LogP contribution in [-0.2, 0) is 4.79 Å². The minimum atomic E-state index is -0.0433. The highest BCUT2D eigenvalue weighted by Gasteiger charge is 2.36. The van der Waals surface area contributed by atoms with Crippen molar-refractivity contribution in [2.24, 2.45) is 11.3 Å². The molecule has 0 aromatic carbocycles. The molecule has 2 rings (SSSR count). The van der Waals surface area contributed by atoms with E-state index in [1.807, 2.05) is 0 Å². The van der Waals surface area contributed by atoms with Crippen molar-refractivity contribution < 1.29 is 4.79 Å². The van der Waals surface area contributed by atoms with Gasteiger partial charge in [-0.25, -0.2) is 0 Å². The lowest BCUT2D eigenvalue weighted by Crippen LogP contribution is -2.51. The number of carbonyl (C=O) groups excluding carboxylic acids is 1. The SMILES string of the molecule is CC1CCC(C=O)(CN2CCN(CCN(C)C)CC2)CC1. The van der Waals surface area contributed by atoms with Gasteiger partial charge in [-0.15, -0.1) is 0 Å². The third-order valence-corrected chi connectivity index (χ3v) is 5.39. The number of hydrogen-bond acceptors (Lipinski definition) is 4. The van der Waals surface area contributed by atoms with E-state index in [4.69, 9.17) is 0 Å². The zero-order valence-electron chi connectivity index (χ0n) is 14.2. The zero-order valence-corrected chi connectivity index (χ0v) is 14.2. The summed E-state index contributed by atoms with van der Waals surface area (Å²) in [5.74, 6) is 0.806. The Labute approximate surface area is 130 Å². The number of likely N-dealkylation sites (N-methyl/N-ethyl adjacent to an activating group) is 1. The van der Waals surface area contributed by atoms with Gasteiger partial charge in [0.05, 0.1) is 0 Å². The standard InChI is InChI=1S/C17H33N3O/c1-16-4-6-17(15-21,7-5-16)14-20-12-10-19(11-13-20)9-8-18(2)3/h15-16H,4-14H2,1-3H3. The highest BCUT2D eigenvalue weighted by Crippen LogP contribution is 2.38. The van der Waals surface area contributed by atoms with Gasteiger partial charge in [-0.05, 0) is 45.7 Å². The second kappa shape index (κ2) is 7.70. The second-order valence-corrected chi connectivity index (χ2v) is 7.58. The number of carbonyl (C=O) groups is 1. The minimum absolute atomic E-state index is 0.0433. The first-order valence-electron chi connectivity index (χ1n) is 8.59. The summed E-state index contributed by atoms with van der Waals surface area (Å²) in [5.41, 5.74) is -0.0433. The van der Waals surface area contributed by atoms with Crippen LogP contribution in [-0.4, -0.2) is 80.9 Å². The van der Waals surface area contributed by atoms with Crippen molar-refractivity contribution in [3.63, 3.8) is 0 Å². The Morgan fingerprint density at radius 2 is 1.67 bits per heavy atom. The fourth-order valence-electron chi connectivity index (χ4n) is 3.61. The number of aldehydes is 1. The summed E-state index contributed by atoms with van der Waals surface area (Å²) in [6.07, 6.45) is 5.91. The molecule has 1 aliphatic carbocycles. The van der Waals surface area contributed by atoms with E-state index in [0.29, 0.717) is 0 Å². The van der Waals surface area contributed by atoms with E-state index in [1.54, 1.807) is 0 Å². The van der Waals surface area contributed by atoms with Crippen molar-refractivity contribution in [3.8, 4) is 0 Å². The minimum Gasteiger partial charge on any atom is -0.308 e. The molecule has 4 nitrogen and oxygen atoms in total. The molecule has 1 heterocycles. The van der Waals surface area contributed by atoms with Gasteiger partial charge in [0.25, 0.3) is 0 Å². The Kier molecular flexibility index (Phi) is 6.20. The molecule has 0 radical (unpaired) electrons. The molecule has 1 saturated carbocycles. The van der Waals surface area contributed by atoms with E-state index in [-0.39, 0.29) is 5.41 Å². The topological polar surface area (TPSA) is 26.8 Å². The predicted molar refractivity (Wildman–Crippen MR) is 87.6 cm³/mol. The Balaban J connectivity index is 1.75. The smallest absolute Gasteiger partial charge is 0.127 e. The van der Waals surface area contributed by atoms with E-state index < -0.39 is 0 Å². The third kappa shape index (κ3) is 5.04. The molecule has 0 aromatic heterocycles. The normalized spacial score (nSPS) is 32.5. The molecular weight excluding hydrogens is 262 g/mol. The van der Waals surface area contributed by atoms with Crippen LogP contribution < -0.4 is 0 Å². The molecule has 1 saturated heterocycles. The van der Waals surface area contributed by atoms with Crippen molar-refractivity contribution >= 4 is 6.29 Å². The molecule has 0 atom stereocenters. The second-order valence-electron chi connectivity index (χ2n) is 7.58. The van der Waals surface area contributed by atoms with Crippen LogP contribution >= 0.6 is 0 Å². The average molecular weight is 295 g/mol. The van der Waals surface area contributed by atoms with Crippen LogP contribution in [0.3, 0.4) is 0 Å². The first-order valence-corrected chi connectivity index (χ1v) is 8.59. The van der Waals surface area contributed by atoms with Gasteiger partial charge >= 0.3 is 0 Å². The van der Waals surface area contributed by atoms with E-state index in [0.717, 1.165) is 64.6 Å². The largest absolute Gasteiger partial charge is 0.308 e. The monoisotopic (exact) mass is 295 g/mol. The van der Waals surface area contributed by atoms with Gasteiger partial charge in [0, 0.05) is 51.2 Å². The quantitative estimate of drug-likeness (QED) is 0.695. The van der Waals surface area contributed by atoms with Crippen molar-refractivity contribution in [1.82, 2.24) is 14.7 Å². The van der Waals surface area contributed by atoms with Gasteiger partial charge in [0.2, 0.25) is 0 Å². The van der Waals surface area contributed by atoms with Crippen LogP contribution in [0.25, 0.3) is 0 Å². The molecule has 0 spiro atoms. The summed E-state index contributed by atoms with van der Waals surface area (Å²) in [4.78, 5) is 19.0. The first kappa shape index (κ1) is 16.9. The highest BCUT2D eigenvalue weighted by atomic mass is 16.1. The fourth-order valence-corrected chi connectivity index (χ4v) is 3.61. The maximum Gasteiger partial charge on any atom is 0.127 e. The molecule has 1 aliphatic heterocycles. The molecular formula is C17H33N3O. The Hall–Kier alpha value is -0.450. The molecule has 2 fully saturated rings. The van der Waals surface area contributed by atoms with Gasteiger partial charge < -0.3 is 9.69 Å². The molecule has 0 unspecified atom stereocenters. The van der Waals surface area contributed by atoms with Crippen LogP contribution in [0.2, 0.25) is 0 Å². The summed E-state index contributed by atoms with van der Waals surface area (Å²) in [6.45, 7) is 10.2. The molecule has 21 heavy (non-hydrogen) atoms. The lowest BCUT2D eigenvalue weighted by atomic mass is 9.71. The molecule has 0 aromatic rings. The van der Waals surface area contributed by atoms with Crippen molar-refractivity contribution in [2.45, 2.75) is 32.6 Å². The Morgan fingerprint density at radius 3 is 2.19 bits per heavy atom. The number of nitrogens with zero attached hydrogens (tertiary/aromatic N) is 3. The lowest BCUT2D eigenvalue weighted by Gasteiger charge is -2.42. The van der Waals surface area contributed by atoms with Crippen LogP contribution in [0.5, 0.6) is 0 Å². The van der Waals surface area contributed by atoms with Crippen molar-refractivity contribution in [2.75, 3.05) is 59.9 Å². The Morgan fingerprint density at radius 1 is 1.10 bits per heavy atom. The van der Waals surface area contributed by atoms with Crippen molar-refractivity contribution in [1.29, 1.82) is 0 Å². The molecule has 122 valence electrons. The Bertz CT molecular complexity index is 316. The predicted octanol–water partition coefficient (Wildman–Crippen LogP) is 1.56. The van der Waals surface area contributed by atoms with Crippen LogP contribution in [0, 0.1) is 11.3 Å². The fraction of sp³-hybridized carbons (Fsp3) is 0.941. The first-order chi connectivity index (χ1) is 10.0. The molecule has 0 amide bonds. The van der Waals surface area contributed by atoms with Gasteiger partial charge in [0.15, 0.2) is 0 Å². The zero-order chi connectivity index (χ0) is 15.3. The number of hydrogen-bond donors (Lipinski definition) is 0. The molecule has 4 heteroatoms. The van der Waals surface area contributed by atoms with Crippen LogP contribution in [0.4, 0.5) is 0 Å². The maximum absolute atomic E-state index is 11.7. The van der Waals surface area contributed by atoms with E-state index >= 15 is 0 Å².